The molecule has 0 bridgehead atoms. The quantitative estimate of drug-likeness (QED) is 0.872. The molecule has 2 heterocycles. The summed E-state index contributed by atoms with van der Waals surface area (Å²) in [4.78, 5) is 20.2. The summed E-state index contributed by atoms with van der Waals surface area (Å²) < 4.78 is 6.60. The van der Waals surface area contributed by atoms with Crippen molar-refractivity contribution in [3.05, 3.63) is 34.5 Å². The van der Waals surface area contributed by atoms with E-state index in [0.717, 1.165) is 0 Å². The Kier molecular flexibility index (Phi) is 3.94. The molecular formula is C12H17N5O2. The molecule has 0 atom stereocenters. The molecule has 0 aliphatic heterocycles. The first-order valence-electron chi connectivity index (χ1n) is 6.14. The van der Waals surface area contributed by atoms with Crippen LogP contribution in [0.2, 0.25) is 0 Å². The molecular weight excluding hydrogens is 246 g/mol. The van der Waals surface area contributed by atoms with E-state index < -0.39 is 0 Å². The van der Waals surface area contributed by atoms with Crippen molar-refractivity contribution >= 4 is 5.82 Å². The van der Waals surface area contributed by atoms with E-state index in [4.69, 9.17) is 4.52 Å². The number of hydrogen-bond donors (Lipinski definition) is 1. The van der Waals surface area contributed by atoms with Crippen molar-refractivity contribution in [2.75, 3.05) is 5.32 Å². The zero-order valence-electron chi connectivity index (χ0n) is 11.3. The summed E-state index contributed by atoms with van der Waals surface area (Å²) in [6, 6.07) is 0. The zero-order chi connectivity index (χ0) is 13.8. The van der Waals surface area contributed by atoms with Gasteiger partial charge in [0.05, 0.1) is 6.54 Å². The molecule has 0 saturated heterocycles. The summed E-state index contributed by atoms with van der Waals surface area (Å²) in [5, 5.41) is 6.59. The van der Waals surface area contributed by atoms with Gasteiger partial charge in [0.2, 0.25) is 5.89 Å². The van der Waals surface area contributed by atoms with Gasteiger partial charge in [0.1, 0.15) is 0 Å². The van der Waals surface area contributed by atoms with E-state index in [9.17, 15) is 4.79 Å². The average Bonchev–Trinajstić information content (AvgIpc) is 2.76. The minimum absolute atomic E-state index is 0.146. The maximum atomic E-state index is 12.1. The molecule has 2 aromatic heterocycles. The smallest absolute Gasteiger partial charge is 0.293 e. The average molecular weight is 263 g/mol. The Morgan fingerprint density at radius 2 is 2.26 bits per heavy atom. The summed E-state index contributed by atoms with van der Waals surface area (Å²) in [5.41, 5.74) is -0.146. The fourth-order valence-corrected chi connectivity index (χ4v) is 1.68. The van der Waals surface area contributed by atoms with Crippen LogP contribution in [0.15, 0.2) is 21.7 Å². The van der Waals surface area contributed by atoms with Gasteiger partial charge >= 0.3 is 0 Å². The van der Waals surface area contributed by atoms with Crippen LogP contribution in [0, 0.1) is 12.8 Å². The Morgan fingerprint density at radius 3 is 2.89 bits per heavy atom. The predicted molar refractivity (Wildman–Crippen MR) is 69.7 cm³/mol. The third-order valence-corrected chi connectivity index (χ3v) is 2.45. The molecule has 0 aliphatic rings. The number of aryl methyl sites for hydroxylation is 1. The molecule has 7 heteroatoms. The van der Waals surface area contributed by atoms with E-state index in [1.807, 2.05) is 0 Å². The highest BCUT2D eigenvalue weighted by Gasteiger charge is 2.08. The highest BCUT2D eigenvalue weighted by molar-refractivity contribution is 5.30. The van der Waals surface area contributed by atoms with E-state index in [1.54, 1.807) is 23.9 Å². The molecule has 0 saturated carbocycles. The normalized spacial score (nSPS) is 10.9. The van der Waals surface area contributed by atoms with Crippen LogP contribution >= 0.6 is 0 Å². The van der Waals surface area contributed by atoms with Gasteiger partial charge in [0.15, 0.2) is 11.6 Å². The Balaban J connectivity index is 2.10. The molecule has 0 aromatic carbocycles. The van der Waals surface area contributed by atoms with Crippen molar-refractivity contribution in [3.63, 3.8) is 0 Å². The summed E-state index contributed by atoms with van der Waals surface area (Å²) in [6.45, 7) is 6.80. The van der Waals surface area contributed by atoms with Crippen LogP contribution < -0.4 is 10.9 Å². The standard InChI is InChI=1S/C12H17N5O2/c1-8(2)7-17-5-4-13-11(12(17)18)14-6-10-15-9(3)16-19-10/h4-5,8H,6-7H2,1-3H3,(H,13,14). The Hall–Kier alpha value is -2.18. The highest BCUT2D eigenvalue weighted by atomic mass is 16.5. The van der Waals surface area contributed by atoms with E-state index in [0.29, 0.717) is 30.0 Å². The van der Waals surface area contributed by atoms with Crippen molar-refractivity contribution < 1.29 is 4.52 Å². The molecule has 0 unspecified atom stereocenters. The van der Waals surface area contributed by atoms with E-state index >= 15 is 0 Å². The van der Waals surface area contributed by atoms with Gasteiger partial charge in [-0.15, -0.1) is 0 Å². The highest BCUT2D eigenvalue weighted by Crippen LogP contribution is 2.01. The van der Waals surface area contributed by atoms with Crippen molar-refractivity contribution in [2.45, 2.75) is 33.9 Å². The number of anilines is 1. The van der Waals surface area contributed by atoms with E-state index in [1.165, 1.54) is 0 Å². The molecule has 2 aromatic rings. The largest absolute Gasteiger partial charge is 0.356 e. The fourth-order valence-electron chi connectivity index (χ4n) is 1.68. The van der Waals surface area contributed by atoms with Crippen LogP contribution in [0.1, 0.15) is 25.6 Å². The van der Waals surface area contributed by atoms with Gasteiger partial charge in [-0.2, -0.15) is 4.98 Å². The summed E-state index contributed by atoms with van der Waals surface area (Å²) in [5.74, 6) is 1.68. The molecule has 2 rings (SSSR count). The first kappa shape index (κ1) is 13.3. The minimum Gasteiger partial charge on any atom is -0.356 e. The maximum absolute atomic E-state index is 12.1. The van der Waals surface area contributed by atoms with Crippen LogP contribution in [0.3, 0.4) is 0 Å². The summed E-state index contributed by atoms with van der Waals surface area (Å²) in [7, 11) is 0. The minimum atomic E-state index is -0.146. The molecule has 0 aliphatic carbocycles. The number of hydrogen-bond acceptors (Lipinski definition) is 6. The van der Waals surface area contributed by atoms with Gasteiger partial charge in [-0.3, -0.25) is 4.79 Å². The van der Waals surface area contributed by atoms with Crippen molar-refractivity contribution in [1.82, 2.24) is 19.7 Å². The number of aromatic nitrogens is 4. The zero-order valence-corrected chi connectivity index (χ0v) is 11.3. The van der Waals surface area contributed by atoms with Gasteiger partial charge in [0.25, 0.3) is 5.56 Å². The van der Waals surface area contributed by atoms with Gasteiger partial charge in [-0.25, -0.2) is 4.98 Å². The summed E-state index contributed by atoms with van der Waals surface area (Å²) >= 11 is 0. The van der Waals surface area contributed by atoms with Gasteiger partial charge < -0.3 is 14.4 Å². The fraction of sp³-hybridized carbons (Fsp3) is 0.500. The van der Waals surface area contributed by atoms with Crippen LogP contribution in [0.25, 0.3) is 0 Å². The van der Waals surface area contributed by atoms with Crippen molar-refractivity contribution in [1.29, 1.82) is 0 Å². The van der Waals surface area contributed by atoms with Gasteiger partial charge in [0, 0.05) is 18.9 Å². The molecule has 102 valence electrons. The van der Waals surface area contributed by atoms with Crippen LogP contribution in [0.5, 0.6) is 0 Å². The van der Waals surface area contributed by atoms with E-state index in [2.05, 4.69) is 34.3 Å². The maximum Gasteiger partial charge on any atom is 0.293 e. The van der Waals surface area contributed by atoms with E-state index in [-0.39, 0.29) is 12.1 Å². The lowest BCUT2D eigenvalue weighted by molar-refractivity contribution is 0.379. The predicted octanol–water partition coefficient (Wildman–Crippen LogP) is 1.20. The van der Waals surface area contributed by atoms with Gasteiger partial charge in [-0.1, -0.05) is 19.0 Å². The van der Waals surface area contributed by atoms with Crippen LogP contribution in [-0.4, -0.2) is 19.7 Å². The molecule has 0 fully saturated rings. The molecule has 7 nitrogen and oxygen atoms in total. The monoisotopic (exact) mass is 263 g/mol. The Bertz CT molecular complexity index is 602. The van der Waals surface area contributed by atoms with Crippen molar-refractivity contribution in [2.24, 2.45) is 5.92 Å². The first-order chi connectivity index (χ1) is 9.06. The lowest BCUT2D eigenvalue weighted by Gasteiger charge is -2.09. The lowest BCUT2D eigenvalue weighted by Crippen LogP contribution is -2.25. The van der Waals surface area contributed by atoms with Crippen LogP contribution in [0.4, 0.5) is 5.82 Å². The molecule has 1 N–H and O–H groups in total. The Morgan fingerprint density at radius 1 is 1.47 bits per heavy atom. The number of rotatable bonds is 5. The molecule has 0 spiro atoms. The lowest BCUT2D eigenvalue weighted by atomic mass is 10.2. The van der Waals surface area contributed by atoms with Crippen LogP contribution in [-0.2, 0) is 13.1 Å². The SMILES string of the molecule is Cc1noc(CNc2nccn(CC(C)C)c2=O)n1. The second-order valence-corrected chi connectivity index (χ2v) is 4.72. The van der Waals surface area contributed by atoms with Gasteiger partial charge in [-0.05, 0) is 12.8 Å². The second kappa shape index (κ2) is 5.64. The second-order valence-electron chi connectivity index (χ2n) is 4.72. The Labute approximate surface area is 110 Å². The van der Waals surface area contributed by atoms with Crippen molar-refractivity contribution in [3.8, 4) is 0 Å². The molecule has 0 amide bonds. The third-order valence-electron chi connectivity index (χ3n) is 2.45. The molecule has 0 radical (unpaired) electrons. The first-order valence-corrected chi connectivity index (χ1v) is 6.14. The molecule has 19 heavy (non-hydrogen) atoms. The number of nitrogens with one attached hydrogen (secondary N) is 1. The topological polar surface area (TPSA) is 85.8 Å². The third kappa shape index (κ3) is 3.40. The number of nitrogens with zero attached hydrogens (tertiary/aromatic N) is 4. The summed E-state index contributed by atoms with van der Waals surface area (Å²) in [6.07, 6.45) is 3.29.